The molecule has 1 amide bonds. The first-order chi connectivity index (χ1) is 12.6. The zero-order valence-electron chi connectivity index (χ0n) is 14.1. The summed E-state index contributed by atoms with van der Waals surface area (Å²) in [6.45, 7) is 0. The third-order valence-corrected chi connectivity index (χ3v) is 4.34. The van der Waals surface area contributed by atoms with Crippen LogP contribution in [0.2, 0.25) is 5.02 Å². The fourth-order valence-corrected chi connectivity index (χ4v) is 2.98. The van der Waals surface area contributed by atoms with Crippen LogP contribution in [0.1, 0.15) is 23.7 Å². The maximum atomic E-state index is 12.5. The highest BCUT2D eigenvalue weighted by Crippen LogP contribution is 2.26. The molecule has 1 heterocycles. The minimum Gasteiger partial charge on any atom is -0.469 e. The SMILES string of the molecule is COC(=O)C[C@H](NC(=O)Cc1noc2ccccc12)c1ccccc1Cl. The number of nitrogens with one attached hydrogen (secondary N) is 1. The van der Waals surface area contributed by atoms with E-state index in [1.807, 2.05) is 18.2 Å². The van der Waals surface area contributed by atoms with Gasteiger partial charge in [-0.1, -0.05) is 47.1 Å². The molecule has 0 saturated heterocycles. The lowest BCUT2D eigenvalue weighted by Crippen LogP contribution is -2.32. The van der Waals surface area contributed by atoms with Crippen molar-refractivity contribution in [3.8, 4) is 0 Å². The van der Waals surface area contributed by atoms with Crippen LogP contribution < -0.4 is 5.32 Å². The summed E-state index contributed by atoms with van der Waals surface area (Å²) in [7, 11) is 1.30. The summed E-state index contributed by atoms with van der Waals surface area (Å²) in [6, 6.07) is 13.8. The van der Waals surface area contributed by atoms with Crippen molar-refractivity contribution >= 4 is 34.4 Å². The molecule has 0 unspecified atom stereocenters. The van der Waals surface area contributed by atoms with Gasteiger partial charge in [0.25, 0.3) is 0 Å². The summed E-state index contributed by atoms with van der Waals surface area (Å²) in [6.07, 6.45) is 0.00464. The van der Waals surface area contributed by atoms with Gasteiger partial charge in [0.15, 0.2) is 5.58 Å². The molecular formula is C19H17ClN2O4. The number of hydrogen-bond acceptors (Lipinski definition) is 5. The third-order valence-electron chi connectivity index (χ3n) is 3.99. The molecule has 3 aromatic rings. The van der Waals surface area contributed by atoms with Crippen molar-refractivity contribution < 1.29 is 18.8 Å². The zero-order valence-corrected chi connectivity index (χ0v) is 14.8. The molecule has 0 spiro atoms. The van der Waals surface area contributed by atoms with E-state index in [4.69, 9.17) is 20.9 Å². The van der Waals surface area contributed by atoms with Crippen LogP contribution in [0.4, 0.5) is 0 Å². The van der Waals surface area contributed by atoms with Crippen LogP contribution in [-0.4, -0.2) is 24.1 Å². The van der Waals surface area contributed by atoms with E-state index < -0.39 is 12.0 Å². The molecule has 0 radical (unpaired) electrons. The van der Waals surface area contributed by atoms with Crippen molar-refractivity contribution in [3.63, 3.8) is 0 Å². The largest absolute Gasteiger partial charge is 0.469 e. The van der Waals surface area contributed by atoms with E-state index >= 15 is 0 Å². The molecule has 26 heavy (non-hydrogen) atoms. The molecule has 0 saturated carbocycles. The number of nitrogens with zero attached hydrogens (tertiary/aromatic N) is 1. The number of ether oxygens (including phenoxy) is 1. The molecule has 7 heteroatoms. The number of para-hydroxylation sites is 1. The lowest BCUT2D eigenvalue weighted by atomic mass is 10.0. The number of methoxy groups -OCH3 is 1. The number of carbonyl (C=O) groups is 2. The van der Waals surface area contributed by atoms with Gasteiger partial charge in [0.1, 0.15) is 5.69 Å². The van der Waals surface area contributed by atoms with E-state index in [1.165, 1.54) is 7.11 Å². The van der Waals surface area contributed by atoms with Crippen molar-refractivity contribution in [2.24, 2.45) is 0 Å². The first-order valence-corrected chi connectivity index (χ1v) is 8.40. The van der Waals surface area contributed by atoms with Crippen LogP contribution in [0.3, 0.4) is 0 Å². The number of fused-ring (bicyclic) bond motifs is 1. The number of rotatable bonds is 6. The zero-order chi connectivity index (χ0) is 18.5. The van der Waals surface area contributed by atoms with Gasteiger partial charge in [-0.3, -0.25) is 9.59 Å². The number of esters is 1. The minimum atomic E-state index is -0.596. The second-order valence-electron chi connectivity index (χ2n) is 5.72. The Morgan fingerprint density at radius 3 is 2.69 bits per heavy atom. The predicted molar refractivity (Wildman–Crippen MR) is 96.7 cm³/mol. The number of hydrogen-bond donors (Lipinski definition) is 1. The Morgan fingerprint density at radius 1 is 1.19 bits per heavy atom. The molecule has 6 nitrogen and oxygen atoms in total. The topological polar surface area (TPSA) is 81.4 Å². The number of halogens is 1. The van der Waals surface area contributed by atoms with Crippen molar-refractivity contribution in [2.45, 2.75) is 18.9 Å². The molecule has 0 aliphatic carbocycles. The second-order valence-corrected chi connectivity index (χ2v) is 6.13. The van der Waals surface area contributed by atoms with Crippen LogP contribution >= 0.6 is 11.6 Å². The minimum absolute atomic E-state index is 0.0223. The highest BCUT2D eigenvalue weighted by molar-refractivity contribution is 6.31. The van der Waals surface area contributed by atoms with E-state index in [2.05, 4.69) is 10.5 Å². The third kappa shape index (κ3) is 4.03. The normalized spacial score (nSPS) is 11.9. The highest BCUT2D eigenvalue weighted by Gasteiger charge is 2.22. The van der Waals surface area contributed by atoms with Gasteiger partial charge in [0.2, 0.25) is 5.91 Å². The summed E-state index contributed by atoms with van der Waals surface area (Å²) in [4.78, 5) is 24.3. The molecule has 134 valence electrons. The first kappa shape index (κ1) is 17.9. The van der Waals surface area contributed by atoms with Crippen LogP contribution in [0.5, 0.6) is 0 Å². The number of amides is 1. The van der Waals surface area contributed by atoms with E-state index in [0.29, 0.717) is 21.9 Å². The maximum absolute atomic E-state index is 12.5. The molecule has 2 aromatic carbocycles. The summed E-state index contributed by atoms with van der Waals surface area (Å²) in [5.41, 5.74) is 1.81. The molecule has 0 fully saturated rings. The molecule has 0 aliphatic heterocycles. The Bertz CT molecular complexity index is 938. The van der Waals surface area contributed by atoms with E-state index in [-0.39, 0.29) is 18.7 Å². The van der Waals surface area contributed by atoms with Crippen LogP contribution in [0, 0.1) is 0 Å². The fraction of sp³-hybridized carbons (Fsp3) is 0.211. The van der Waals surface area contributed by atoms with E-state index in [0.717, 1.165) is 5.39 Å². The highest BCUT2D eigenvalue weighted by atomic mass is 35.5. The van der Waals surface area contributed by atoms with E-state index in [9.17, 15) is 9.59 Å². The van der Waals surface area contributed by atoms with E-state index in [1.54, 1.807) is 30.3 Å². The molecule has 0 aliphatic rings. The Morgan fingerprint density at radius 2 is 1.92 bits per heavy atom. The Balaban J connectivity index is 1.78. The molecule has 3 rings (SSSR count). The smallest absolute Gasteiger partial charge is 0.307 e. The lowest BCUT2D eigenvalue weighted by molar-refractivity contribution is -0.141. The summed E-state index contributed by atoms with van der Waals surface area (Å²) in [5.74, 6) is -0.736. The summed E-state index contributed by atoms with van der Waals surface area (Å²) in [5, 5.41) is 8.04. The number of aromatic nitrogens is 1. The first-order valence-electron chi connectivity index (χ1n) is 8.02. The van der Waals surface area contributed by atoms with Crippen LogP contribution in [-0.2, 0) is 20.7 Å². The van der Waals surface area contributed by atoms with Gasteiger partial charge in [-0.25, -0.2) is 0 Å². The molecular weight excluding hydrogens is 356 g/mol. The standard InChI is InChI=1S/C19H17ClN2O4/c1-25-19(24)11-15(12-6-2-4-8-14(12)20)21-18(23)10-16-13-7-3-5-9-17(13)26-22-16/h2-9,15H,10-11H2,1H3,(H,21,23)/t15-/m0/s1. The van der Waals surface area contributed by atoms with Crippen molar-refractivity contribution in [2.75, 3.05) is 7.11 Å². The maximum Gasteiger partial charge on any atom is 0.307 e. The van der Waals surface area contributed by atoms with Gasteiger partial charge in [-0.05, 0) is 23.8 Å². The molecule has 0 bridgehead atoms. The average molecular weight is 373 g/mol. The summed E-state index contributed by atoms with van der Waals surface area (Å²) < 4.78 is 9.94. The van der Waals surface area contributed by atoms with Crippen molar-refractivity contribution in [1.29, 1.82) is 0 Å². The monoisotopic (exact) mass is 372 g/mol. The number of benzene rings is 2. The lowest BCUT2D eigenvalue weighted by Gasteiger charge is -2.19. The molecule has 1 N–H and O–H groups in total. The average Bonchev–Trinajstić information content (AvgIpc) is 3.04. The Kier molecular flexibility index (Phi) is 5.53. The van der Waals surface area contributed by atoms with Gasteiger partial charge >= 0.3 is 5.97 Å². The van der Waals surface area contributed by atoms with Gasteiger partial charge in [0, 0.05) is 10.4 Å². The van der Waals surface area contributed by atoms with Gasteiger partial charge < -0.3 is 14.6 Å². The fourth-order valence-electron chi connectivity index (χ4n) is 2.71. The van der Waals surface area contributed by atoms with Gasteiger partial charge in [0.05, 0.1) is 26.0 Å². The van der Waals surface area contributed by atoms with Crippen molar-refractivity contribution in [3.05, 3.63) is 64.8 Å². The molecule has 1 aromatic heterocycles. The molecule has 1 atom stereocenters. The second kappa shape index (κ2) is 8.01. The van der Waals surface area contributed by atoms with Crippen LogP contribution in [0.25, 0.3) is 11.0 Å². The number of carbonyl (C=O) groups excluding carboxylic acids is 2. The Labute approximate surface area is 155 Å². The Hall–Kier alpha value is -2.86. The van der Waals surface area contributed by atoms with Crippen molar-refractivity contribution in [1.82, 2.24) is 10.5 Å². The predicted octanol–water partition coefficient (Wildman–Crippen LogP) is 3.44. The summed E-state index contributed by atoms with van der Waals surface area (Å²) >= 11 is 6.22. The van der Waals surface area contributed by atoms with Gasteiger partial charge in [-0.2, -0.15) is 0 Å². The van der Waals surface area contributed by atoms with Crippen LogP contribution in [0.15, 0.2) is 53.1 Å². The van der Waals surface area contributed by atoms with Gasteiger partial charge in [-0.15, -0.1) is 0 Å². The quantitative estimate of drug-likeness (QED) is 0.670.